The van der Waals surface area contributed by atoms with E-state index in [1.165, 1.54) is 6.20 Å². The molecule has 0 saturated carbocycles. The largest absolute Gasteiger partial charge is 0.345 e. The van der Waals surface area contributed by atoms with Gasteiger partial charge in [-0.1, -0.05) is 27.3 Å². The molecule has 122 valence electrons. The minimum atomic E-state index is -0.0593. The Kier molecular flexibility index (Phi) is 4.15. The fourth-order valence-electron chi connectivity index (χ4n) is 2.69. The van der Waals surface area contributed by atoms with Crippen molar-refractivity contribution in [1.82, 2.24) is 19.9 Å². The lowest BCUT2D eigenvalue weighted by atomic mass is 10.3. The molecule has 3 aromatic rings. The summed E-state index contributed by atoms with van der Waals surface area (Å²) in [4.78, 5) is 29.2. The van der Waals surface area contributed by atoms with Crippen LogP contribution in [0.25, 0.3) is 10.2 Å². The van der Waals surface area contributed by atoms with Gasteiger partial charge in [-0.05, 0) is 18.2 Å². The SMILES string of the molecule is O=C(c1cnccn1)N1CCN(c2nc3ccc(Br)cc3s2)CC1. The van der Waals surface area contributed by atoms with Crippen LogP contribution < -0.4 is 4.90 Å². The molecule has 1 amide bonds. The third-order valence-corrected chi connectivity index (χ3v) is 5.53. The highest BCUT2D eigenvalue weighted by Crippen LogP contribution is 2.31. The summed E-state index contributed by atoms with van der Waals surface area (Å²) >= 11 is 5.18. The maximum absolute atomic E-state index is 12.4. The summed E-state index contributed by atoms with van der Waals surface area (Å²) < 4.78 is 2.22. The van der Waals surface area contributed by atoms with Gasteiger partial charge in [-0.3, -0.25) is 9.78 Å². The van der Waals surface area contributed by atoms with Crippen molar-refractivity contribution in [3.05, 3.63) is 47.0 Å². The Bertz CT molecular complexity index is 877. The average Bonchev–Trinajstić information content (AvgIpc) is 3.05. The molecule has 1 aromatic carbocycles. The van der Waals surface area contributed by atoms with Crippen LogP contribution in [0, 0.1) is 0 Å². The van der Waals surface area contributed by atoms with Gasteiger partial charge in [-0.15, -0.1) is 0 Å². The van der Waals surface area contributed by atoms with Gasteiger partial charge in [0.15, 0.2) is 5.13 Å². The Morgan fingerprint density at radius 3 is 2.75 bits per heavy atom. The van der Waals surface area contributed by atoms with Crippen LogP contribution >= 0.6 is 27.3 Å². The number of rotatable bonds is 2. The molecule has 0 aliphatic carbocycles. The van der Waals surface area contributed by atoms with Crippen molar-refractivity contribution in [2.75, 3.05) is 31.1 Å². The highest BCUT2D eigenvalue weighted by molar-refractivity contribution is 9.10. The maximum Gasteiger partial charge on any atom is 0.274 e. The van der Waals surface area contributed by atoms with Crippen LogP contribution in [0.15, 0.2) is 41.3 Å². The first-order valence-electron chi connectivity index (χ1n) is 7.57. The first kappa shape index (κ1) is 15.5. The second-order valence-electron chi connectivity index (χ2n) is 5.48. The molecule has 0 atom stereocenters. The summed E-state index contributed by atoms with van der Waals surface area (Å²) in [6, 6.07) is 6.11. The molecule has 1 aliphatic heterocycles. The van der Waals surface area contributed by atoms with E-state index >= 15 is 0 Å². The van der Waals surface area contributed by atoms with Crippen LogP contribution in [0.5, 0.6) is 0 Å². The molecule has 0 spiro atoms. The van der Waals surface area contributed by atoms with E-state index in [-0.39, 0.29) is 5.91 Å². The monoisotopic (exact) mass is 403 g/mol. The Morgan fingerprint density at radius 2 is 2.00 bits per heavy atom. The number of hydrogen-bond acceptors (Lipinski definition) is 6. The summed E-state index contributed by atoms with van der Waals surface area (Å²) in [5.74, 6) is -0.0593. The Labute approximate surface area is 151 Å². The Morgan fingerprint density at radius 1 is 1.17 bits per heavy atom. The zero-order chi connectivity index (χ0) is 16.5. The van der Waals surface area contributed by atoms with E-state index in [0.717, 1.165) is 32.9 Å². The number of carbonyl (C=O) groups is 1. The van der Waals surface area contributed by atoms with Crippen molar-refractivity contribution in [3.8, 4) is 0 Å². The number of carbonyl (C=O) groups excluding carboxylic acids is 1. The number of piperazine rings is 1. The topological polar surface area (TPSA) is 62.2 Å². The highest BCUT2D eigenvalue weighted by atomic mass is 79.9. The minimum absolute atomic E-state index is 0.0593. The molecule has 1 fully saturated rings. The predicted molar refractivity (Wildman–Crippen MR) is 97.5 cm³/mol. The molecule has 4 rings (SSSR count). The highest BCUT2D eigenvalue weighted by Gasteiger charge is 2.24. The van der Waals surface area contributed by atoms with E-state index in [9.17, 15) is 4.79 Å². The lowest BCUT2D eigenvalue weighted by Gasteiger charge is -2.34. The van der Waals surface area contributed by atoms with Gasteiger partial charge in [-0.25, -0.2) is 9.97 Å². The number of anilines is 1. The quantitative estimate of drug-likeness (QED) is 0.658. The fraction of sp³-hybridized carbons (Fsp3) is 0.250. The Balaban J connectivity index is 1.46. The van der Waals surface area contributed by atoms with Crippen LogP contribution in [-0.4, -0.2) is 51.9 Å². The number of amides is 1. The number of benzene rings is 1. The van der Waals surface area contributed by atoms with E-state index in [0.29, 0.717) is 18.8 Å². The van der Waals surface area contributed by atoms with Gasteiger partial charge >= 0.3 is 0 Å². The number of thiazole rings is 1. The Hall–Kier alpha value is -2.06. The molecule has 1 saturated heterocycles. The lowest BCUT2D eigenvalue weighted by Crippen LogP contribution is -2.49. The third kappa shape index (κ3) is 2.99. The molecule has 24 heavy (non-hydrogen) atoms. The van der Waals surface area contributed by atoms with Crippen LogP contribution in [0.3, 0.4) is 0 Å². The number of hydrogen-bond donors (Lipinski definition) is 0. The fourth-order valence-corrected chi connectivity index (χ4v) is 4.26. The molecule has 2 aromatic heterocycles. The molecule has 6 nitrogen and oxygen atoms in total. The summed E-state index contributed by atoms with van der Waals surface area (Å²) in [6.07, 6.45) is 4.63. The second-order valence-corrected chi connectivity index (χ2v) is 7.40. The molecule has 3 heterocycles. The van der Waals surface area contributed by atoms with Gasteiger partial charge in [0.05, 0.1) is 16.4 Å². The van der Waals surface area contributed by atoms with E-state index in [4.69, 9.17) is 4.98 Å². The standard InChI is InChI=1S/C16H14BrN5OS/c17-11-1-2-12-14(9-11)24-16(20-12)22-7-5-21(6-8-22)15(23)13-10-18-3-4-19-13/h1-4,9-10H,5-8H2. The average molecular weight is 404 g/mol. The van der Waals surface area contributed by atoms with Gasteiger partial charge in [-0.2, -0.15) is 0 Å². The minimum Gasteiger partial charge on any atom is -0.345 e. The van der Waals surface area contributed by atoms with E-state index in [2.05, 4.69) is 36.9 Å². The smallest absolute Gasteiger partial charge is 0.274 e. The van der Waals surface area contributed by atoms with Crippen molar-refractivity contribution in [1.29, 1.82) is 0 Å². The van der Waals surface area contributed by atoms with Crippen LogP contribution in [0.2, 0.25) is 0 Å². The second kappa shape index (κ2) is 6.45. The number of nitrogens with zero attached hydrogens (tertiary/aromatic N) is 5. The maximum atomic E-state index is 12.4. The predicted octanol–water partition coefficient (Wildman–Crippen LogP) is 2.81. The van der Waals surface area contributed by atoms with Crippen molar-refractivity contribution >= 4 is 48.5 Å². The zero-order valence-corrected chi connectivity index (χ0v) is 15.1. The zero-order valence-electron chi connectivity index (χ0n) is 12.7. The van der Waals surface area contributed by atoms with Crippen molar-refractivity contribution in [2.45, 2.75) is 0 Å². The molecular weight excluding hydrogens is 390 g/mol. The van der Waals surface area contributed by atoms with Crippen molar-refractivity contribution < 1.29 is 4.79 Å². The first-order chi connectivity index (χ1) is 11.7. The van der Waals surface area contributed by atoms with Crippen molar-refractivity contribution in [3.63, 3.8) is 0 Å². The van der Waals surface area contributed by atoms with Gasteiger partial charge in [0.2, 0.25) is 0 Å². The van der Waals surface area contributed by atoms with Gasteiger partial charge in [0.1, 0.15) is 5.69 Å². The molecule has 1 aliphatic rings. The van der Waals surface area contributed by atoms with Gasteiger partial charge in [0, 0.05) is 43.0 Å². The van der Waals surface area contributed by atoms with Crippen LogP contribution in [0.4, 0.5) is 5.13 Å². The number of aromatic nitrogens is 3. The van der Waals surface area contributed by atoms with E-state index < -0.39 is 0 Å². The first-order valence-corrected chi connectivity index (χ1v) is 9.18. The number of fused-ring (bicyclic) bond motifs is 1. The summed E-state index contributed by atoms with van der Waals surface area (Å²) in [5, 5.41) is 1.01. The molecule has 0 N–H and O–H groups in total. The molecule has 0 radical (unpaired) electrons. The third-order valence-electron chi connectivity index (χ3n) is 3.96. The van der Waals surface area contributed by atoms with Gasteiger partial charge < -0.3 is 9.80 Å². The van der Waals surface area contributed by atoms with Gasteiger partial charge in [0.25, 0.3) is 5.91 Å². The summed E-state index contributed by atoms with van der Waals surface area (Å²) in [5.41, 5.74) is 1.41. The van der Waals surface area contributed by atoms with E-state index in [1.807, 2.05) is 17.0 Å². The normalized spacial score (nSPS) is 15.0. The van der Waals surface area contributed by atoms with Crippen molar-refractivity contribution in [2.24, 2.45) is 0 Å². The van der Waals surface area contributed by atoms with E-state index in [1.54, 1.807) is 23.7 Å². The molecule has 8 heteroatoms. The molecule has 0 bridgehead atoms. The summed E-state index contributed by atoms with van der Waals surface area (Å²) in [6.45, 7) is 2.87. The summed E-state index contributed by atoms with van der Waals surface area (Å²) in [7, 11) is 0. The number of halogens is 1. The lowest BCUT2D eigenvalue weighted by molar-refractivity contribution is 0.0740. The molecule has 0 unspecified atom stereocenters. The van der Waals surface area contributed by atoms with Crippen LogP contribution in [-0.2, 0) is 0 Å². The van der Waals surface area contributed by atoms with Crippen LogP contribution in [0.1, 0.15) is 10.5 Å². The molecular formula is C16H14BrN5OS.